The molecule has 0 saturated carbocycles. The lowest BCUT2D eigenvalue weighted by atomic mass is 10.0. The summed E-state index contributed by atoms with van der Waals surface area (Å²) in [6, 6.07) is 3.19. The number of rotatable bonds is 19. The zero-order chi connectivity index (χ0) is 34.8. The van der Waals surface area contributed by atoms with Crippen LogP contribution in [0.4, 0.5) is 0 Å². The maximum Gasteiger partial charge on any atom is 0.305 e. The number of nitrogens with one attached hydrogen (secondary N) is 6. The van der Waals surface area contributed by atoms with Gasteiger partial charge in [-0.1, -0.05) is 30.3 Å². The van der Waals surface area contributed by atoms with E-state index < -0.39 is 83.8 Å². The molecule has 1 rings (SSSR count). The molecule has 0 aliphatic rings. The van der Waals surface area contributed by atoms with Gasteiger partial charge in [0, 0.05) is 26.3 Å². The predicted octanol–water partition coefficient (Wildman–Crippen LogP) is -3.06. The summed E-state index contributed by atoms with van der Waals surface area (Å²) >= 11 is 8.43. The second kappa shape index (κ2) is 20.5. The quantitative estimate of drug-likeness (QED) is 0.0303. The van der Waals surface area contributed by atoms with Crippen LogP contribution >= 0.6 is 25.3 Å². The maximum atomic E-state index is 13.0. The lowest BCUT2D eigenvalue weighted by Crippen LogP contribution is -2.57. The molecule has 0 aliphatic carbocycles. The summed E-state index contributed by atoms with van der Waals surface area (Å²) < 4.78 is 0. The van der Waals surface area contributed by atoms with Gasteiger partial charge in [0.05, 0.1) is 18.2 Å². The number of carboxylic acids is 1. The number of aliphatic carboxylic acids is 1. The van der Waals surface area contributed by atoms with E-state index >= 15 is 0 Å². The number of carboxylic acid groups (broad SMARTS) is 1. The van der Waals surface area contributed by atoms with Crippen LogP contribution < -0.4 is 43.4 Å². The topological polar surface area (TPSA) is 276 Å². The highest BCUT2D eigenvalue weighted by molar-refractivity contribution is 7.80. The molecule has 0 unspecified atom stereocenters. The Balaban J connectivity index is 2.96. The van der Waals surface area contributed by atoms with E-state index in [9.17, 15) is 38.7 Å². The van der Waals surface area contributed by atoms with Crippen molar-refractivity contribution in [2.24, 2.45) is 16.5 Å². The molecule has 19 heteroatoms. The number of benzene rings is 1. The highest BCUT2D eigenvalue weighted by Gasteiger charge is 2.32. The van der Waals surface area contributed by atoms with Gasteiger partial charge in [-0.05, 0) is 18.4 Å². The zero-order valence-corrected chi connectivity index (χ0v) is 27.1. The number of hydrogen-bond donors (Lipinski definition) is 11. The van der Waals surface area contributed by atoms with Crippen molar-refractivity contribution in [1.29, 1.82) is 0 Å². The highest BCUT2D eigenvalue weighted by atomic mass is 32.1. The van der Waals surface area contributed by atoms with Crippen molar-refractivity contribution in [3.63, 3.8) is 0 Å². The molecule has 0 aromatic heterocycles. The number of hydrogen-bond acceptors (Lipinski definition) is 10. The van der Waals surface area contributed by atoms with Crippen LogP contribution in [0, 0.1) is 0 Å². The third-order valence-electron chi connectivity index (χ3n) is 6.24. The van der Waals surface area contributed by atoms with Crippen LogP contribution in [0.1, 0.15) is 37.0 Å². The average Bonchev–Trinajstić information content (AvgIpc) is 3.01. The van der Waals surface area contributed by atoms with Crippen molar-refractivity contribution in [3.8, 4) is 0 Å². The Morgan fingerprint density at radius 2 is 1.50 bits per heavy atom. The first kappa shape index (κ1) is 39.5. The molecule has 46 heavy (non-hydrogen) atoms. The Labute approximate surface area is 276 Å². The van der Waals surface area contributed by atoms with E-state index in [1.54, 1.807) is 30.3 Å². The number of aliphatic imine (C=N–C) groups is 1. The van der Waals surface area contributed by atoms with E-state index in [-0.39, 0.29) is 18.1 Å². The van der Waals surface area contributed by atoms with Gasteiger partial charge in [0.25, 0.3) is 0 Å². The Hall–Kier alpha value is -4.52. The van der Waals surface area contributed by atoms with Crippen LogP contribution in [0.2, 0.25) is 0 Å². The van der Waals surface area contributed by atoms with Crippen LogP contribution in [0.25, 0.3) is 0 Å². The van der Waals surface area contributed by atoms with Gasteiger partial charge in [0.15, 0.2) is 5.96 Å². The number of thiol groups is 2. The number of carbonyl (C=O) groups excluding carboxylic acids is 6. The van der Waals surface area contributed by atoms with E-state index in [1.807, 2.05) is 0 Å². The first-order valence-corrected chi connectivity index (χ1v) is 15.1. The minimum Gasteiger partial charge on any atom is -0.481 e. The largest absolute Gasteiger partial charge is 0.481 e. The number of nitrogens with zero attached hydrogens (tertiary/aromatic N) is 1. The molecule has 0 radical (unpaired) electrons. The average molecular weight is 684 g/mol. The molecule has 0 bridgehead atoms. The zero-order valence-electron chi connectivity index (χ0n) is 25.3. The summed E-state index contributed by atoms with van der Waals surface area (Å²) in [5, 5.41) is 23.1. The van der Waals surface area contributed by atoms with Crippen molar-refractivity contribution >= 4 is 72.6 Å². The highest BCUT2D eigenvalue weighted by Crippen LogP contribution is 2.23. The standard InChI is InChI=1S/C27H41N9O8S2/c1-14(37)33-18(13-45)26(44)35-16(9-6-10-31-27(29)30-2)24(42)32-12-19(38)34-17(11-20(39)40)25(43)36-21(23(28)41)22(46)15-7-4-3-5-8-15/h3-5,7-8,16-18,21-22,45-46H,6,9-13H2,1-2H3,(H2,28,41)(H,32,42)(H,33,37)(H,34,38)(H,35,44)(H,36,43)(H,39,40)(H3,29,30,31)/t16-,17-,18-,21-,22-/m0/s1. The van der Waals surface area contributed by atoms with Crippen LogP contribution in [-0.4, -0.2) is 103 Å². The molecular weight excluding hydrogens is 642 g/mol. The summed E-state index contributed by atoms with van der Waals surface area (Å²) in [5.74, 6) is -6.22. The second-order valence-corrected chi connectivity index (χ2v) is 10.8. The Morgan fingerprint density at radius 3 is 2.04 bits per heavy atom. The first-order chi connectivity index (χ1) is 21.7. The van der Waals surface area contributed by atoms with E-state index in [1.165, 1.54) is 14.0 Å². The Morgan fingerprint density at radius 1 is 0.870 bits per heavy atom. The van der Waals surface area contributed by atoms with E-state index in [4.69, 9.17) is 11.5 Å². The smallest absolute Gasteiger partial charge is 0.305 e. The third kappa shape index (κ3) is 14.5. The van der Waals surface area contributed by atoms with Crippen molar-refractivity contribution in [2.75, 3.05) is 25.9 Å². The van der Waals surface area contributed by atoms with Crippen molar-refractivity contribution in [3.05, 3.63) is 35.9 Å². The number of guanidine groups is 1. The maximum absolute atomic E-state index is 13.0. The molecule has 1 aromatic rings. The van der Waals surface area contributed by atoms with E-state index in [0.717, 1.165) is 0 Å². The van der Waals surface area contributed by atoms with E-state index in [0.29, 0.717) is 18.5 Å². The van der Waals surface area contributed by atoms with Gasteiger partial charge in [0.2, 0.25) is 35.4 Å². The first-order valence-electron chi connectivity index (χ1n) is 14.0. The van der Waals surface area contributed by atoms with Gasteiger partial charge < -0.3 is 48.5 Å². The molecule has 0 fully saturated rings. The summed E-state index contributed by atoms with van der Waals surface area (Å²) in [6.45, 7) is 0.799. The normalized spacial score (nSPS) is 14.3. The molecule has 0 saturated heterocycles. The fraction of sp³-hybridized carbons (Fsp3) is 0.481. The third-order valence-corrected chi connectivity index (χ3v) is 7.20. The second-order valence-electron chi connectivity index (χ2n) is 9.85. The minimum absolute atomic E-state index is 0.0594. The molecular formula is C27H41N9O8S2. The van der Waals surface area contributed by atoms with Crippen LogP contribution in [0.3, 0.4) is 0 Å². The summed E-state index contributed by atoms with van der Waals surface area (Å²) in [4.78, 5) is 90.2. The summed E-state index contributed by atoms with van der Waals surface area (Å²) in [7, 11) is 1.48. The lowest BCUT2D eigenvalue weighted by molar-refractivity contribution is -0.141. The van der Waals surface area contributed by atoms with Crippen molar-refractivity contribution < 1.29 is 38.7 Å². The number of primary amides is 1. The number of amides is 6. The number of carbonyl (C=O) groups is 7. The van der Waals surface area contributed by atoms with Crippen LogP contribution in [-0.2, 0) is 33.6 Å². The van der Waals surface area contributed by atoms with Gasteiger partial charge in [-0.3, -0.25) is 38.6 Å². The lowest BCUT2D eigenvalue weighted by Gasteiger charge is -2.25. The van der Waals surface area contributed by atoms with Gasteiger partial charge in [0.1, 0.15) is 24.2 Å². The molecule has 1 aromatic carbocycles. The van der Waals surface area contributed by atoms with Crippen LogP contribution in [0.5, 0.6) is 0 Å². The molecule has 11 N–H and O–H groups in total. The van der Waals surface area contributed by atoms with Crippen molar-refractivity contribution in [2.45, 2.75) is 55.6 Å². The molecule has 0 spiro atoms. The molecule has 17 nitrogen and oxygen atoms in total. The Bertz CT molecular complexity index is 1270. The molecule has 0 aliphatic heterocycles. The van der Waals surface area contributed by atoms with Gasteiger partial charge in [-0.2, -0.15) is 25.3 Å². The SMILES string of the molecule is CN=C(N)NCCC[C@H](NC(=O)[C@H](CS)NC(C)=O)C(=O)NCC(=O)N[C@@H](CC(=O)O)C(=O)N[C@H](C(N)=O)[C@@H](S)c1ccccc1. The number of nitrogens with two attached hydrogens (primary N) is 2. The minimum atomic E-state index is -1.65. The monoisotopic (exact) mass is 683 g/mol. The molecule has 6 amide bonds. The predicted molar refractivity (Wildman–Crippen MR) is 175 cm³/mol. The van der Waals surface area contributed by atoms with Gasteiger partial charge in [-0.15, -0.1) is 0 Å². The van der Waals surface area contributed by atoms with Gasteiger partial charge in [-0.25, -0.2) is 0 Å². The Kier molecular flexibility index (Phi) is 17.6. The summed E-state index contributed by atoms with van der Waals surface area (Å²) in [6.07, 6.45) is -0.458. The molecule has 0 heterocycles. The molecule has 5 atom stereocenters. The van der Waals surface area contributed by atoms with Crippen molar-refractivity contribution in [1.82, 2.24) is 31.9 Å². The fourth-order valence-electron chi connectivity index (χ4n) is 3.90. The van der Waals surface area contributed by atoms with E-state index in [2.05, 4.69) is 62.2 Å². The fourth-order valence-corrected chi connectivity index (χ4v) is 4.56. The van der Waals surface area contributed by atoms with Crippen LogP contribution in [0.15, 0.2) is 35.3 Å². The summed E-state index contributed by atoms with van der Waals surface area (Å²) in [5.41, 5.74) is 11.6. The molecule has 254 valence electrons. The van der Waals surface area contributed by atoms with Gasteiger partial charge >= 0.3 is 5.97 Å².